The standard InChI is InChI=1S/C54H95O11P/c1-4-7-10-13-16-19-21-22-23-24-25-26-27-28-30-32-34-37-40-43-52(56)61-47-51(65-54(58)45-42-39-36-33-29-20-17-14-11-8-5-2)49-63-66(59,60)62-48-50(46-55)64-53(57)44-41-38-35-31-18-15-12-9-6-3/h7,10,16,19,22-23,25-26,28,30,50-51,55H,4-6,8-9,11-15,17-18,20-21,24,27,29,31-49H2,1-3H3,(H,59,60)/b10-7-,19-16-,23-22-,26-25-,30-28-. The number of phosphoric ester groups is 1. The van der Waals surface area contributed by atoms with Crippen LogP contribution in [0.2, 0.25) is 0 Å². The first kappa shape index (κ1) is 63.2. The van der Waals surface area contributed by atoms with E-state index >= 15 is 0 Å². The van der Waals surface area contributed by atoms with Crippen LogP contribution < -0.4 is 0 Å². The lowest BCUT2D eigenvalue weighted by Gasteiger charge is -2.21. The third kappa shape index (κ3) is 46.3. The molecule has 0 saturated carbocycles. The maximum atomic E-state index is 12.8. The largest absolute Gasteiger partial charge is 0.472 e. The third-order valence-corrected chi connectivity index (χ3v) is 11.9. The van der Waals surface area contributed by atoms with Crippen LogP contribution in [0.5, 0.6) is 0 Å². The van der Waals surface area contributed by atoms with Crippen molar-refractivity contribution in [2.75, 3.05) is 26.4 Å². The van der Waals surface area contributed by atoms with Gasteiger partial charge in [-0.25, -0.2) is 4.57 Å². The molecule has 0 rings (SSSR count). The van der Waals surface area contributed by atoms with Crippen molar-refractivity contribution in [3.63, 3.8) is 0 Å². The summed E-state index contributed by atoms with van der Waals surface area (Å²) in [6.07, 6.45) is 50.6. The fourth-order valence-electron chi connectivity index (χ4n) is 6.97. The van der Waals surface area contributed by atoms with Gasteiger partial charge in [0, 0.05) is 19.3 Å². The Hall–Kier alpha value is -2.82. The number of hydrogen-bond acceptors (Lipinski definition) is 10. The highest BCUT2D eigenvalue weighted by Crippen LogP contribution is 2.43. The molecular formula is C54H95O11P. The van der Waals surface area contributed by atoms with Gasteiger partial charge in [0.15, 0.2) is 6.10 Å². The van der Waals surface area contributed by atoms with Crippen molar-refractivity contribution in [3.05, 3.63) is 60.8 Å². The lowest BCUT2D eigenvalue weighted by atomic mass is 10.1. The van der Waals surface area contributed by atoms with E-state index in [1.165, 1.54) is 77.0 Å². The fourth-order valence-corrected chi connectivity index (χ4v) is 7.75. The van der Waals surface area contributed by atoms with Crippen molar-refractivity contribution in [1.82, 2.24) is 0 Å². The van der Waals surface area contributed by atoms with Crippen LogP contribution in [-0.2, 0) is 42.2 Å². The van der Waals surface area contributed by atoms with Crippen LogP contribution >= 0.6 is 7.82 Å². The van der Waals surface area contributed by atoms with E-state index in [2.05, 4.69) is 81.5 Å². The molecule has 0 bridgehead atoms. The summed E-state index contributed by atoms with van der Waals surface area (Å²) in [5.41, 5.74) is 0. The monoisotopic (exact) mass is 951 g/mol. The Labute approximate surface area is 402 Å². The minimum atomic E-state index is -4.74. The quantitative estimate of drug-likeness (QED) is 0.0197. The van der Waals surface area contributed by atoms with Crippen LogP contribution in [0.1, 0.15) is 226 Å². The first-order chi connectivity index (χ1) is 32.2. The molecule has 2 N–H and O–H groups in total. The summed E-state index contributed by atoms with van der Waals surface area (Å²) in [6, 6.07) is 0. The van der Waals surface area contributed by atoms with Crippen LogP contribution in [0.15, 0.2) is 60.8 Å². The first-order valence-corrected chi connectivity index (χ1v) is 27.7. The van der Waals surface area contributed by atoms with E-state index in [9.17, 15) is 28.9 Å². The van der Waals surface area contributed by atoms with E-state index in [1.807, 2.05) is 0 Å². The summed E-state index contributed by atoms with van der Waals surface area (Å²) < 4.78 is 39.3. The Morgan fingerprint density at radius 3 is 1.21 bits per heavy atom. The SMILES string of the molecule is CC/C=C\C/C=C\C/C=C\C/C=C\C/C=C\CCCCCC(=O)OCC(COP(=O)(O)OCC(CO)OC(=O)CCCCCCCCCCC)OC(=O)CCCCCCCCCCCCC. The van der Waals surface area contributed by atoms with E-state index < -0.39 is 57.8 Å². The Morgan fingerprint density at radius 2 is 0.788 bits per heavy atom. The summed E-state index contributed by atoms with van der Waals surface area (Å²) in [7, 11) is -4.74. The lowest BCUT2D eigenvalue weighted by molar-refractivity contribution is -0.161. The molecule has 3 atom stereocenters. The molecule has 0 fully saturated rings. The van der Waals surface area contributed by atoms with Crippen LogP contribution in [0.3, 0.4) is 0 Å². The van der Waals surface area contributed by atoms with Crippen molar-refractivity contribution in [2.24, 2.45) is 0 Å². The molecule has 12 heteroatoms. The second-order valence-electron chi connectivity index (χ2n) is 17.3. The summed E-state index contributed by atoms with van der Waals surface area (Å²) in [4.78, 5) is 48.2. The summed E-state index contributed by atoms with van der Waals surface area (Å²) in [5, 5.41) is 9.74. The number of ether oxygens (including phenoxy) is 3. The molecule has 0 saturated heterocycles. The van der Waals surface area contributed by atoms with E-state index in [0.717, 1.165) is 89.9 Å². The van der Waals surface area contributed by atoms with Crippen LogP contribution in [0.25, 0.3) is 0 Å². The Kier molecular flexibility index (Phi) is 46.6. The minimum Gasteiger partial charge on any atom is -0.462 e. The van der Waals surface area contributed by atoms with Gasteiger partial charge in [-0.05, 0) is 64.2 Å². The van der Waals surface area contributed by atoms with Crippen molar-refractivity contribution in [3.8, 4) is 0 Å². The van der Waals surface area contributed by atoms with Gasteiger partial charge in [0.1, 0.15) is 12.7 Å². The lowest BCUT2D eigenvalue weighted by Crippen LogP contribution is -2.30. The molecule has 0 amide bonds. The topological polar surface area (TPSA) is 155 Å². The van der Waals surface area contributed by atoms with E-state index in [0.29, 0.717) is 19.3 Å². The number of carbonyl (C=O) groups is 3. The number of carbonyl (C=O) groups excluding carboxylic acids is 3. The summed E-state index contributed by atoms with van der Waals surface area (Å²) in [6.45, 7) is 4.45. The highest BCUT2D eigenvalue weighted by Gasteiger charge is 2.28. The van der Waals surface area contributed by atoms with Crippen LogP contribution in [0, 0.1) is 0 Å². The zero-order valence-electron chi connectivity index (χ0n) is 41.9. The van der Waals surface area contributed by atoms with Crippen molar-refractivity contribution >= 4 is 25.7 Å². The molecule has 0 spiro atoms. The number of allylic oxidation sites excluding steroid dienone is 10. The number of aliphatic hydroxyl groups excluding tert-OH is 1. The van der Waals surface area contributed by atoms with Gasteiger partial charge < -0.3 is 24.2 Å². The fraction of sp³-hybridized carbons (Fsp3) is 0.759. The van der Waals surface area contributed by atoms with Crippen molar-refractivity contribution in [2.45, 2.75) is 238 Å². The van der Waals surface area contributed by atoms with Gasteiger partial charge in [-0.15, -0.1) is 0 Å². The molecule has 0 aromatic rings. The molecular weight excluding hydrogens is 856 g/mol. The smallest absolute Gasteiger partial charge is 0.462 e. The molecule has 3 unspecified atom stereocenters. The molecule has 382 valence electrons. The van der Waals surface area contributed by atoms with Gasteiger partial charge in [0.2, 0.25) is 0 Å². The second-order valence-corrected chi connectivity index (χ2v) is 18.8. The van der Waals surface area contributed by atoms with Gasteiger partial charge >= 0.3 is 25.7 Å². The number of aliphatic hydroxyl groups is 1. The molecule has 0 aliphatic carbocycles. The number of hydrogen-bond donors (Lipinski definition) is 2. The summed E-state index contributed by atoms with van der Waals surface area (Å²) >= 11 is 0. The van der Waals surface area contributed by atoms with Crippen LogP contribution in [-0.4, -0.2) is 66.5 Å². The zero-order chi connectivity index (χ0) is 48.4. The molecule has 66 heavy (non-hydrogen) atoms. The van der Waals surface area contributed by atoms with E-state index in [1.54, 1.807) is 0 Å². The van der Waals surface area contributed by atoms with Crippen LogP contribution in [0.4, 0.5) is 0 Å². The molecule has 0 aliphatic rings. The van der Waals surface area contributed by atoms with Crippen molar-refractivity contribution < 1.29 is 52.2 Å². The number of unbranched alkanes of at least 4 members (excludes halogenated alkanes) is 21. The highest BCUT2D eigenvalue weighted by molar-refractivity contribution is 7.47. The second kappa shape index (κ2) is 48.6. The predicted octanol–water partition coefficient (Wildman–Crippen LogP) is 14.8. The van der Waals surface area contributed by atoms with Crippen molar-refractivity contribution in [1.29, 1.82) is 0 Å². The van der Waals surface area contributed by atoms with Gasteiger partial charge in [0.05, 0.1) is 19.8 Å². The highest BCUT2D eigenvalue weighted by atomic mass is 31.2. The molecule has 11 nitrogen and oxygen atoms in total. The maximum absolute atomic E-state index is 12.8. The average Bonchev–Trinajstić information content (AvgIpc) is 3.30. The molecule has 0 radical (unpaired) electrons. The minimum absolute atomic E-state index is 0.162. The average molecular weight is 951 g/mol. The number of esters is 3. The third-order valence-electron chi connectivity index (χ3n) is 11.0. The van der Waals surface area contributed by atoms with E-state index in [4.69, 9.17) is 23.3 Å². The molecule has 0 heterocycles. The Balaban J connectivity index is 4.75. The first-order valence-electron chi connectivity index (χ1n) is 26.2. The van der Waals surface area contributed by atoms with E-state index in [-0.39, 0.29) is 25.9 Å². The predicted molar refractivity (Wildman–Crippen MR) is 270 cm³/mol. The van der Waals surface area contributed by atoms with Gasteiger partial charge in [-0.1, -0.05) is 204 Å². The normalized spacial score (nSPS) is 14.0. The zero-order valence-corrected chi connectivity index (χ0v) is 42.8. The Morgan fingerprint density at radius 1 is 0.439 bits per heavy atom. The number of phosphoric acid groups is 1. The molecule has 0 aromatic carbocycles. The molecule has 0 aromatic heterocycles. The maximum Gasteiger partial charge on any atom is 0.472 e. The van der Waals surface area contributed by atoms with Gasteiger partial charge in [0.25, 0.3) is 0 Å². The number of rotatable bonds is 48. The Bertz CT molecular complexity index is 1340. The van der Waals surface area contributed by atoms with Gasteiger partial charge in [-0.3, -0.25) is 23.4 Å². The molecule has 0 aliphatic heterocycles. The van der Waals surface area contributed by atoms with Gasteiger partial charge in [-0.2, -0.15) is 0 Å². The summed E-state index contributed by atoms with van der Waals surface area (Å²) in [5.74, 6) is -1.50.